The summed E-state index contributed by atoms with van der Waals surface area (Å²) in [6.07, 6.45) is 11.0. The molecule has 9 aromatic rings. The number of benzene rings is 7. The van der Waals surface area contributed by atoms with Crippen molar-refractivity contribution in [3.05, 3.63) is 174 Å². The molecule has 4 nitrogen and oxygen atoms in total. The van der Waals surface area contributed by atoms with Gasteiger partial charge in [0.05, 0.1) is 0 Å². The Morgan fingerprint density at radius 1 is 0.491 bits per heavy atom. The standard InChI is InChI=1S/C53H39N3O/c1-32-14-16-40-31-41(24-23-38(40)28-32)52-54-51(36-20-17-35(18-21-36)39-22-19-34-8-3-4-9-37(34)30-39)55-53(56-52)46-27-26-44(42-10-5-6-11-43(42)46)45-12-7-13-48-50(45)47-25-15-33(2)29-49(47)57-48/h3-27,30-33H,28-29H2,1-2H3/t32?,33-/m0/s1. The largest absolute Gasteiger partial charge is 0.460 e. The van der Waals surface area contributed by atoms with Crippen LogP contribution in [-0.2, 0) is 12.8 Å². The first kappa shape index (κ1) is 33.4. The van der Waals surface area contributed by atoms with Crippen molar-refractivity contribution in [2.75, 3.05) is 0 Å². The van der Waals surface area contributed by atoms with Crippen LogP contribution in [-0.4, -0.2) is 15.0 Å². The van der Waals surface area contributed by atoms with Crippen LogP contribution in [0.25, 0.3) is 101 Å². The van der Waals surface area contributed by atoms with Crippen LogP contribution < -0.4 is 0 Å². The number of aromatic nitrogens is 3. The molecule has 0 bridgehead atoms. The normalized spacial score (nSPS) is 16.0. The third-order valence-electron chi connectivity index (χ3n) is 11.8. The highest BCUT2D eigenvalue weighted by Gasteiger charge is 2.23. The van der Waals surface area contributed by atoms with Gasteiger partial charge in [0.25, 0.3) is 0 Å². The molecule has 0 amide bonds. The Bertz CT molecular complexity index is 3110. The van der Waals surface area contributed by atoms with E-state index in [1.165, 1.54) is 44.0 Å². The van der Waals surface area contributed by atoms with Gasteiger partial charge in [0.2, 0.25) is 0 Å². The predicted octanol–water partition coefficient (Wildman–Crippen LogP) is 13.7. The summed E-state index contributed by atoms with van der Waals surface area (Å²) in [5, 5.41) is 5.86. The molecule has 0 fully saturated rings. The van der Waals surface area contributed by atoms with E-state index in [2.05, 4.69) is 178 Å². The molecule has 2 aliphatic carbocycles. The molecule has 0 saturated carbocycles. The maximum atomic E-state index is 6.45. The molecule has 11 rings (SSSR count). The van der Waals surface area contributed by atoms with Crippen molar-refractivity contribution in [2.45, 2.75) is 26.7 Å². The van der Waals surface area contributed by atoms with E-state index in [-0.39, 0.29) is 0 Å². The van der Waals surface area contributed by atoms with Crippen LogP contribution in [0.4, 0.5) is 0 Å². The second-order valence-corrected chi connectivity index (χ2v) is 15.8. The zero-order valence-electron chi connectivity index (χ0n) is 31.9. The van der Waals surface area contributed by atoms with Crippen LogP contribution in [0, 0.1) is 11.8 Å². The summed E-state index contributed by atoms with van der Waals surface area (Å²) in [4.78, 5) is 15.6. The summed E-state index contributed by atoms with van der Waals surface area (Å²) in [5.74, 6) is 4.00. The van der Waals surface area contributed by atoms with E-state index in [0.29, 0.717) is 29.3 Å². The average Bonchev–Trinajstić information content (AvgIpc) is 3.63. The molecule has 0 spiro atoms. The summed E-state index contributed by atoms with van der Waals surface area (Å²) in [6.45, 7) is 4.50. The Labute approximate surface area is 331 Å². The van der Waals surface area contributed by atoms with Crippen LogP contribution in [0.3, 0.4) is 0 Å². The van der Waals surface area contributed by atoms with Crippen molar-refractivity contribution in [1.29, 1.82) is 0 Å². The molecule has 4 heteroatoms. The zero-order valence-corrected chi connectivity index (χ0v) is 31.9. The van der Waals surface area contributed by atoms with Gasteiger partial charge in [0.1, 0.15) is 11.3 Å². The number of nitrogens with zero attached hydrogens (tertiary/aromatic N) is 3. The van der Waals surface area contributed by atoms with Gasteiger partial charge < -0.3 is 4.42 Å². The highest BCUT2D eigenvalue weighted by Crippen LogP contribution is 2.43. The third-order valence-corrected chi connectivity index (χ3v) is 11.8. The van der Waals surface area contributed by atoms with Gasteiger partial charge in [0, 0.05) is 34.1 Å². The van der Waals surface area contributed by atoms with Crippen molar-refractivity contribution in [2.24, 2.45) is 11.8 Å². The molecular formula is C53H39N3O. The fourth-order valence-corrected chi connectivity index (χ4v) is 8.82. The lowest BCUT2D eigenvalue weighted by atomic mass is 9.89. The number of allylic oxidation sites excluding steroid dienone is 2. The molecule has 2 atom stereocenters. The highest BCUT2D eigenvalue weighted by atomic mass is 16.3. The summed E-state index contributed by atoms with van der Waals surface area (Å²) in [5.41, 5.74) is 12.2. The number of hydrogen-bond acceptors (Lipinski definition) is 4. The molecule has 272 valence electrons. The number of hydrogen-bond donors (Lipinski definition) is 0. The molecule has 0 radical (unpaired) electrons. The second kappa shape index (κ2) is 13.4. The van der Waals surface area contributed by atoms with Gasteiger partial charge in [-0.25, -0.2) is 15.0 Å². The lowest BCUT2D eigenvalue weighted by Gasteiger charge is -2.17. The van der Waals surface area contributed by atoms with E-state index in [1.54, 1.807) is 0 Å². The summed E-state index contributed by atoms with van der Waals surface area (Å²) in [6, 6.07) is 49.8. The quantitative estimate of drug-likeness (QED) is 0.177. The predicted molar refractivity (Wildman–Crippen MR) is 236 cm³/mol. The highest BCUT2D eigenvalue weighted by molar-refractivity contribution is 6.10. The molecule has 2 aromatic heterocycles. The number of furan rings is 1. The topological polar surface area (TPSA) is 51.8 Å². The first-order valence-electron chi connectivity index (χ1n) is 19.9. The minimum Gasteiger partial charge on any atom is -0.460 e. The fraction of sp³-hybridized carbons (Fsp3) is 0.113. The Hall–Kier alpha value is -6.91. The second-order valence-electron chi connectivity index (χ2n) is 15.8. The van der Waals surface area contributed by atoms with Gasteiger partial charge in [-0.05, 0) is 97.4 Å². The van der Waals surface area contributed by atoms with E-state index in [1.807, 2.05) is 0 Å². The van der Waals surface area contributed by atoms with Gasteiger partial charge in [-0.2, -0.15) is 0 Å². The zero-order chi connectivity index (χ0) is 38.0. The minimum absolute atomic E-state index is 0.459. The maximum Gasteiger partial charge on any atom is 0.164 e. The van der Waals surface area contributed by atoms with Gasteiger partial charge in [-0.1, -0.05) is 153 Å². The van der Waals surface area contributed by atoms with Crippen molar-refractivity contribution < 1.29 is 4.42 Å². The summed E-state index contributed by atoms with van der Waals surface area (Å²) in [7, 11) is 0. The minimum atomic E-state index is 0.459. The van der Waals surface area contributed by atoms with Gasteiger partial charge in [-0.15, -0.1) is 0 Å². The molecule has 57 heavy (non-hydrogen) atoms. The Kier molecular flexibility index (Phi) is 7.85. The first-order chi connectivity index (χ1) is 28.0. The summed E-state index contributed by atoms with van der Waals surface area (Å²) < 4.78 is 6.45. The van der Waals surface area contributed by atoms with Crippen LogP contribution in [0.1, 0.15) is 36.3 Å². The Balaban J connectivity index is 1.06. The monoisotopic (exact) mass is 733 g/mol. The SMILES string of the molecule is CC1C=Cc2cc(-c3nc(-c4ccc(-c5ccc6ccccc6c5)cc4)nc(-c4ccc(-c5cccc6oc7c(c56)C=C[C@H](C)C7)c5ccccc45)n3)ccc2C1. The lowest BCUT2D eigenvalue weighted by molar-refractivity contribution is 0.513. The van der Waals surface area contributed by atoms with E-state index in [4.69, 9.17) is 19.4 Å². The number of fused-ring (bicyclic) bond motifs is 6. The Morgan fingerprint density at radius 2 is 1.16 bits per heavy atom. The van der Waals surface area contributed by atoms with E-state index in [0.717, 1.165) is 62.8 Å². The molecule has 7 aromatic carbocycles. The van der Waals surface area contributed by atoms with Crippen molar-refractivity contribution in [3.63, 3.8) is 0 Å². The van der Waals surface area contributed by atoms with Crippen LogP contribution in [0.2, 0.25) is 0 Å². The average molecular weight is 734 g/mol. The van der Waals surface area contributed by atoms with Gasteiger partial charge in [0.15, 0.2) is 17.5 Å². The molecule has 0 N–H and O–H groups in total. The fourth-order valence-electron chi connectivity index (χ4n) is 8.82. The molecule has 2 aliphatic rings. The number of rotatable bonds is 5. The van der Waals surface area contributed by atoms with E-state index >= 15 is 0 Å². The maximum absolute atomic E-state index is 6.45. The van der Waals surface area contributed by atoms with Gasteiger partial charge in [-0.3, -0.25) is 0 Å². The smallest absolute Gasteiger partial charge is 0.164 e. The molecule has 1 unspecified atom stereocenters. The molecule has 0 aliphatic heterocycles. The van der Waals surface area contributed by atoms with E-state index < -0.39 is 0 Å². The van der Waals surface area contributed by atoms with Crippen LogP contribution >= 0.6 is 0 Å². The third kappa shape index (κ3) is 5.88. The van der Waals surface area contributed by atoms with Crippen LogP contribution in [0.5, 0.6) is 0 Å². The van der Waals surface area contributed by atoms with Crippen LogP contribution in [0.15, 0.2) is 156 Å². The van der Waals surface area contributed by atoms with E-state index in [9.17, 15) is 0 Å². The molecule has 2 heterocycles. The van der Waals surface area contributed by atoms with Crippen molar-refractivity contribution in [1.82, 2.24) is 15.0 Å². The van der Waals surface area contributed by atoms with Gasteiger partial charge >= 0.3 is 0 Å². The Morgan fingerprint density at radius 3 is 2.02 bits per heavy atom. The van der Waals surface area contributed by atoms with Crippen molar-refractivity contribution >= 4 is 44.7 Å². The van der Waals surface area contributed by atoms with Crippen molar-refractivity contribution in [3.8, 4) is 56.4 Å². The molecule has 0 saturated heterocycles. The molecular weight excluding hydrogens is 695 g/mol. The first-order valence-corrected chi connectivity index (χ1v) is 19.9. The lowest BCUT2D eigenvalue weighted by Crippen LogP contribution is -2.04. The summed E-state index contributed by atoms with van der Waals surface area (Å²) >= 11 is 0.